The first kappa shape index (κ1) is 11.3. The zero-order valence-corrected chi connectivity index (χ0v) is 9.15. The molecule has 88 valence electrons. The maximum atomic E-state index is 13.3. The number of benzene rings is 1. The summed E-state index contributed by atoms with van der Waals surface area (Å²) >= 11 is 0. The van der Waals surface area contributed by atoms with Gasteiger partial charge in [0.15, 0.2) is 0 Å². The van der Waals surface area contributed by atoms with Gasteiger partial charge in [-0.1, -0.05) is 18.2 Å². The van der Waals surface area contributed by atoms with Crippen LogP contribution in [0.1, 0.15) is 5.56 Å². The van der Waals surface area contributed by atoms with Gasteiger partial charge in [-0.05, 0) is 18.2 Å². The van der Waals surface area contributed by atoms with Crippen LogP contribution >= 0.6 is 0 Å². The Labute approximate surface area is 98.6 Å². The Bertz CT molecular complexity index is 484. The van der Waals surface area contributed by atoms with Crippen molar-refractivity contribution in [3.8, 4) is 0 Å². The molecule has 4 nitrogen and oxygen atoms in total. The second kappa shape index (κ2) is 5.27. The number of halogens is 1. The first-order valence-electron chi connectivity index (χ1n) is 5.19. The van der Waals surface area contributed by atoms with Crippen LogP contribution in [0, 0.1) is 5.82 Å². The fourth-order valence-electron chi connectivity index (χ4n) is 1.41. The van der Waals surface area contributed by atoms with E-state index in [2.05, 4.69) is 15.7 Å². The number of nitrogens with two attached hydrogens (primary N) is 1. The summed E-state index contributed by atoms with van der Waals surface area (Å²) in [6.45, 7) is 0.398. The lowest BCUT2D eigenvalue weighted by atomic mass is 10.2. The van der Waals surface area contributed by atoms with E-state index < -0.39 is 0 Å². The van der Waals surface area contributed by atoms with Crippen molar-refractivity contribution in [2.75, 3.05) is 10.7 Å². The second-order valence-corrected chi connectivity index (χ2v) is 3.52. The van der Waals surface area contributed by atoms with Crippen molar-refractivity contribution in [2.24, 2.45) is 5.84 Å². The summed E-state index contributed by atoms with van der Waals surface area (Å²) in [7, 11) is 0. The minimum atomic E-state index is -0.222. The maximum absolute atomic E-state index is 13.3. The zero-order chi connectivity index (χ0) is 12.1. The Balaban J connectivity index is 2.00. The van der Waals surface area contributed by atoms with Gasteiger partial charge >= 0.3 is 0 Å². The SMILES string of the molecule is NNc1ccc(NCc2ccccc2F)nc1. The number of hydrogen-bond donors (Lipinski definition) is 3. The smallest absolute Gasteiger partial charge is 0.128 e. The second-order valence-electron chi connectivity index (χ2n) is 3.52. The molecule has 0 aliphatic rings. The van der Waals surface area contributed by atoms with Crippen molar-refractivity contribution in [1.29, 1.82) is 0 Å². The Morgan fingerprint density at radius 3 is 2.65 bits per heavy atom. The normalized spacial score (nSPS) is 10.0. The van der Waals surface area contributed by atoms with Gasteiger partial charge in [0.25, 0.3) is 0 Å². The number of rotatable bonds is 4. The average Bonchev–Trinajstić information content (AvgIpc) is 2.38. The predicted molar refractivity (Wildman–Crippen MR) is 65.8 cm³/mol. The van der Waals surface area contributed by atoms with Crippen LogP contribution in [-0.2, 0) is 6.54 Å². The van der Waals surface area contributed by atoms with Gasteiger partial charge in [0.1, 0.15) is 11.6 Å². The molecule has 0 fully saturated rings. The summed E-state index contributed by atoms with van der Waals surface area (Å²) in [5.41, 5.74) is 3.82. The van der Waals surface area contributed by atoms with Crippen LogP contribution in [0.25, 0.3) is 0 Å². The Morgan fingerprint density at radius 1 is 1.18 bits per heavy atom. The topological polar surface area (TPSA) is 63.0 Å². The molecular weight excluding hydrogens is 219 g/mol. The van der Waals surface area contributed by atoms with Crippen molar-refractivity contribution < 1.29 is 4.39 Å². The average molecular weight is 232 g/mol. The van der Waals surface area contributed by atoms with Gasteiger partial charge in [-0.3, -0.25) is 5.84 Å². The van der Waals surface area contributed by atoms with Crippen molar-refractivity contribution in [3.63, 3.8) is 0 Å². The number of hydrogen-bond acceptors (Lipinski definition) is 4. The number of nitrogens with zero attached hydrogens (tertiary/aromatic N) is 1. The van der Waals surface area contributed by atoms with Crippen LogP contribution in [0.5, 0.6) is 0 Å². The van der Waals surface area contributed by atoms with Crippen LogP contribution in [0.4, 0.5) is 15.9 Å². The van der Waals surface area contributed by atoms with Crippen molar-refractivity contribution in [1.82, 2.24) is 4.98 Å². The van der Waals surface area contributed by atoms with Gasteiger partial charge in [0.05, 0.1) is 11.9 Å². The molecule has 0 unspecified atom stereocenters. The van der Waals surface area contributed by atoms with Gasteiger partial charge in [-0.2, -0.15) is 0 Å². The molecule has 0 radical (unpaired) electrons. The molecule has 0 aliphatic carbocycles. The van der Waals surface area contributed by atoms with E-state index in [0.29, 0.717) is 17.9 Å². The van der Waals surface area contributed by atoms with Crippen LogP contribution in [0.3, 0.4) is 0 Å². The molecule has 0 bridgehead atoms. The number of anilines is 2. The molecule has 0 saturated heterocycles. The Morgan fingerprint density at radius 2 is 2.00 bits per heavy atom. The van der Waals surface area contributed by atoms with Gasteiger partial charge in [-0.25, -0.2) is 9.37 Å². The van der Waals surface area contributed by atoms with Crippen molar-refractivity contribution in [2.45, 2.75) is 6.54 Å². The monoisotopic (exact) mass is 232 g/mol. The molecule has 1 aromatic heterocycles. The Hall–Kier alpha value is -2.14. The van der Waals surface area contributed by atoms with E-state index in [9.17, 15) is 4.39 Å². The first-order valence-corrected chi connectivity index (χ1v) is 5.19. The minimum absolute atomic E-state index is 0.222. The zero-order valence-electron chi connectivity index (χ0n) is 9.15. The van der Waals surface area contributed by atoms with E-state index in [1.807, 2.05) is 0 Å². The quantitative estimate of drug-likeness (QED) is 0.558. The van der Waals surface area contributed by atoms with Crippen LogP contribution < -0.4 is 16.6 Å². The molecule has 2 rings (SSSR count). The maximum Gasteiger partial charge on any atom is 0.128 e. The summed E-state index contributed by atoms with van der Waals surface area (Å²) in [5.74, 6) is 5.68. The number of nitrogen functional groups attached to an aromatic ring is 1. The van der Waals surface area contributed by atoms with E-state index in [1.165, 1.54) is 6.07 Å². The van der Waals surface area contributed by atoms with Gasteiger partial charge in [0.2, 0.25) is 0 Å². The lowest BCUT2D eigenvalue weighted by molar-refractivity contribution is 0.613. The summed E-state index contributed by atoms with van der Waals surface area (Å²) in [5, 5.41) is 3.03. The molecular formula is C12H13FN4. The third-order valence-corrected chi connectivity index (χ3v) is 2.35. The highest BCUT2D eigenvalue weighted by Crippen LogP contribution is 2.11. The predicted octanol–water partition coefficient (Wildman–Crippen LogP) is 2.12. The van der Waals surface area contributed by atoms with E-state index in [0.717, 1.165) is 5.69 Å². The van der Waals surface area contributed by atoms with Gasteiger partial charge < -0.3 is 10.7 Å². The van der Waals surface area contributed by atoms with Crippen LogP contribution in [0.15, 0.2) is 42.6 Å². The lowest BCUT2D eigenvalue weighted by Crippen LogP contribution is -2.08. The molecule has 0 amide bonds. The highest BCUT2D eigenvalue weighted by atomic mass is 19.1. The van der Waals surface area contributed by atoms with E-state index in [-0.39, 0.29) is 5.82 Å². The molecule has 1 heterocycles. The molecule has 0 saturated carbocycles. The Kier molecular flexibility index (Phi) is 3.52. The lowest BCUT2D eigenvalue weighted by Gasteiger charge is -2.07. The molecule has 1 aromatic carbocycles. The van der Waals surface area contributed by atoms with E-state index in [4.69, 9.17) is 5.84 Å². The molecule has 17 heavy (non-hydrogen) atoms. The van der Waals surface area contributed by atoms with Gasteiger partial charge in [-0.15, -0.1) is 0 Å². The molecule has 4 N–H and O–H groups in total. The summed E-state index contributed by atoms with van der Waals surface area (Å²) in [4.78, 5) is 4.12. The third-order valence-electron chi connectivity index (χ3n) is 2.35. The third kappa shape index (κ3) is 2.92. The number of aromatic nitrogens is 1. The number of pyridine rings is 1. The standard InChI is InChI=1S/C12H13FN4/c13-11-4-2-1-3-9(11)7-15-12-6-5-10(17-14)8-16-12/h1-6,8,17H,7,14H2,(H,15,16). The molecule has 2 aromatic rings. The molecule has 5 heteroatoms. The fraction of sp³-hybridized carbons (Fsp3) is 0.0833. The van der Waals surface area contributed by atoms with Crippen molar-refractivity contribution >= 4 is 11.5 Å². The van der Waals surface area contributed by atoms with Gasteiger partial charge in [0, 0.05) is 12.1 Å². The molecule has 0 spiro atoms. The number of nitrogens with one attached hydrogen (secondary N) is 2. The highest BCUT2D eigenvalue weighted by Gasteiger charge is 2.00. The highest BCUT2D eigenvalue weighted by molar-refractivity contribution is 5.46. The summed E-state index contributed by atoms with van der Waals surface area (Å²) in [6, 6.07) is 10.2. The molecule has 0 aliphatic heterocycles. The number of hydrazine groups is 1. The van der Waals surface area contributed by atoms with Crippen LogP contribution in [-0.4, -0.2) is 4.98 Å². The summed E-state index contributed by atoms with van der Waals surface area (Å²) in [6.07, 6.45) is 1.60. The summed E-state index contributed by atoms with van der Waals surface area (Å²) < 4.78 is 13.3. The minimum Gasteiger partial charge on any atom is -0.366 e. The first-order chi connectivity index (χ1) is 8.29. The van der Waals surface area contributed by atoms with E-state index in [1.54, 1.807) is 36.5 Å². The molecule has 0 atom stereocenters. The fourth-order valence-corrected chi connectivity index (χ4v) is 1.41. The van der Waals surface area contributed by atoms with Crippen LogP contribution in [0.2, 0.25) is 0 Å². The largest absolute Gasteiger partial charge is 0.366 e. The van der Waals surface area contributed by atoms with Crippen molar-refractivity contribution in [3.05, 3.63) is 54.0 Å². The van der Waals surface area contributed by atoms with E-state index >= 15 is 0 Å².